The molecular formula is C20H13Cl2NO3. The maximum atomic E-state index is 13.2. The number of amides is 1. The molecule has 0 aliphatic carbocycles. The fourth-order valence-corrected chi connectivity index (χ4v) is 4.03. The predicted octanol–water partition coefficient (Wildman–Crippen LogP) is 4.69. The monoisotopic (exact) mass is 385 g/mol. The van der Waals surface area contributed by atoms with Crippen LogP contribution in [0.15, 0.2) is 60.7 Å². The van der Waals surface area contributed by atoms with Crippen LogP contribution in [0.25, 0.3) is 0 Å². The molecule has 130 valence electrons. The molecule has 0 atom stereocenters. The first-order valence-corrected chi connectivity index (χ1v) is 8.58. The maximum absolute atomic E-state index is 13.2. The fourth-order valence-electron chi connectivity index (χ4n) is 3.49. The van der Waals surface area contributed by atoms with Crippen molar-refractivity contribution in [3.05, 3.63) is 87.4 Å². The van der Waals surface area contributed by atoms with E-state index in [-0.39, 0.29) is 17.4 Å². The number of phenols is 2. The van der Waals surface area contributed by atoms with E-state index >= 15 is 0 Å². The molecule has 6 heteroatoms. The van der Waals surface area contributed by atoms with Gasteiger partial charge in [-0.1, -0.05) is 47.5 Å². The third kappa shape index (κ3) is 2.34. The van der Waals surface area contributed by atoms with Gasteiger partial charge in [0.2, 0.25) is 5.91 Å². The third-order valence-electron chi connectivity index (χ3n) is 4.64. The van der Waals surface area contributed by atoms with E-state index < -0.39 is 5.41 Å². The summed E-state index contributed by atoms with van der Waals surface area (Å²) >= 11 is 12.5. The van der Waals surface area contributed by atoms with Crippen LogP contribution in [0, 0.1) is 0 Å². The minimum Gasteiger partial charge on any atom is -0.508 e. The number of rotatable bonds is 2. The number of aromatic hydroxyl groups is 2. The molecule has 3 aromatic rings. The van der Waals surface area contributed by atoms with Gasteiger partial charge in [0.05, 0.1) is 10.7 Å². The summed E-state index contributed by atoms with van der Waals surface area (Å²) < 4.78 is 0. The molecule has 3 N–H and O–H groups in total. The molecule has 0 radical (unpaired) electrons. The van der Waals surface area contributed by atoms with Crippen LogP contribution >= 0.6 is 23.2 Å². The van der Waals surface area contributed by atoms with Gasteiger partial charge in [-0.25, -0.2) is 0 Å². The Bertz CT molecular complexity index is 969. The number of phenolic OH excluding ortho intramolecular Hbond substituents is 2. The minimum absolute atomic E-state index is 0.0948. The van der Waals surface area contributed by atoms with Crippen molar-refractivity contribution in [2.75, 3.05) is 5.32 Å². The number of carbonyl (C=O) groups excluding carboxylic acids is 1. The summed E-state index contributed by atoms with van der Waals surface area (Å²) in [5, 5.41) is 22.9. The van der Waals surface area contributed by atoms with Crippen molar-refractivity contribution >= 4 is 34.8 Å². The van der Waals surface area contributed by atoms with Crippen molar-refractivity contribution in [3.8, 4) is 11.5 Å². The first-order valence-electron chi connectivity index (χ1n) is 7.83. The molecular weight excluding hydrogens is 373 g/mol. The number of benzene rings is 3. The fraction of sp³-hybridized carbons (Fsp3) is 0.0500. The molecule has 1 aliphatic heterocycles. The molecule has 26 heavy (non-hydrogen) atoms. The van der Waals surface area contributed by atoms with Gasteiger partial charge in [-0.3, -0.25) is 4.79 Å². The zero-order chi connectivity index (χ0) is 18.5. The highest BCUT2D eigenvalue weighted by Crippen LogP contribution is 2.51. The Hall–Kier alpha value is -2.69. The number of carbonyl (C=O) groups is 1. The summed E-state index contributed by atoms with van der Waals surface area (Å²) in [5.74, 6) is -0.0947. The Morgan fingerprint density at radius 1 is 0.808 bits per heavy atom. The van der Waals surface area contributed by atoms with Crippen LogP contribution in [0.2, 0.25) is 10.0 Å². The average molecular weight is 386 g/mol. The summed E-state index contributed by atoms with van der Waals surface area (Å²) in [4.78, 5) is 13.2. The summed E-state index contributed by atoms with van der Waals surface area (Å²) in [6, 6.07) is 16.1. The van der Waals surface area contributed by atoms with Gasteiger partial charge < -0.3 is 15.5 Å². The highest BCUT2D eigenvalue weighted by atomic mass is 35.5. The normalized spacial score (nSPS) is 14.8. The Morgan fingerprint density at radius 3 is 1.81 bits per heavy atom. The van der Waals surface area contributed by atoms with E-state index in [0.29, 0.717) is 32.4 Å². The summed E-state index contributed by atoms with van der Waals surface area (Å²) in [6.45, 7) is 0. The van der Waals surface area contributed by atoms with E-state index in [0.717, 1.165) is 0 Å². The van der Waals surface area contributed by atoms with Crippen LogP contribution in [0.1, 0.15) is 16.7 Å². The lowest BCUT2D eigenvalue weighted by Gasteiger charge is -2.29. The lowest BCUT2D eigenvalue weighted by atomic mass is 9.70. The van der Waals surface area contributed by atoms with Crippen LogP contribution < -0.4 is 5.32 Å². The molecule has 0 unspecified atom stereocenters. The molecule has 0 aromatic heterocycles. The number of nitrogens with one attached hydrogen (secondary N) is 1. The second kappa shape index (κ2) is 5.94. The molecule has 1 amide bonds. The van der Waals surface area contributed by atoms with E-state index in [4.69, 9.17) is 23.2 Å². The van der Waals surface area contributed by atoms with Crippen LogP contribution in [-0.2, 0) is 10.2 Å². The van der Waals surface area contributed by atoms with Crippen molar-refractivity contribution in [1.82, 2.24) is 0 Å². The third-order valence-corrected chi connectivity index (χ3v) is 5.16. The topological polar surface area (TPSA) is 69.6 Å². The molecule has 4 rings (SSSR count). The summed E-state index contributed by atoms with van der Waals surface area (Å²) in [5.41, 5.74) is 1.22. The van der Waals surface area contributed by atoms with E-state index in [1.54, 1.807) is 36.4 Å². The Balaban J connectivity index is 2.10. The van der Waals surface area contributed by atoms with Crippen molar-refractivity contribution in [2.45, 2.75) is 5.41 Å². The second-order valence-corrected chi connectivity index (χ2v) is 6.95. The number of hydrogen-bond donors (Lipinski definition) is 3. The zero-order valence-electron chi connectivity index (χ0n) is 13.3. The van der Waals surface area contributed by atoms with Gasteiger partial charge in [0, 0.05) is 10.6 Å². The molecule has 0 spiro atoms. The highest BCUT2D eigenvalue weighted by molar-refractivity contribution is 6.38. The maximum Gasteiger partial charge on any atom is 0.244 e. The van der Waals surface area contributed by atoms with Crippen LogP contribution in [0.3, 0.4) is 0 Å². The Morgan fingerprint density at radius 2 is 1.31 bits per heavy atom. The van der Waals surface area contributed by atoms with Crippen LogP contribution in [0.4, 0.5) is 5.69 Å². The predicted molar refractivity (Wildman–Crippen MR) is 101 cm³/mol. The highest BCUT2D eigenvalue weighted by Gasteiger charge is 2.50. The zero-order valence-corrected chi connectivity index (χ0v) is 14.8. The van der Waals surface area contributed by atoms with Crippen molar-refractivity contribution in [1.29, 1.82) is 0 Å². The number of hydrogen-bond acceptors (Lipinski definition) is 3. The number of halogens is 2. The quantitative estimate of drug-likeness (QED) is 0.599. The van der Waals surface area contributed by atoms with Crippen LogP contribution in [-0.4, -0.2) is 16.1 Å². The van der Waals surface area contributed by atoms with E-state index in [2.05, 4.69) is 5.32 Å². The van der Waals surface area contributed by atoms with Gasteiger partial charge in [-0.05, 0) is 47.5 Å². The first kappa shape index (κ1) is 16.8. The molecule has 0 saturated carbocycles. The first-order chi connectivity index (χ1) is 12.4. The van der Waals surface area contributed by atoms with Crippen molar-refractivity contribution in [3.63, 3.8) is 0 Å². The largest absolute Gasteiger partial charge is 0.508 e. The van der Waals surface area contributed by atoms with Crippen molar-refractivity contribution < 1.29 is 15.0 Å². The number of anilines is 1. The standard InChI is InChI=1S/C20H13Cl2NO3/c21-13-9-16-18(17(22)10-13)23-19(26)20(16,11-1-5-14(24)6-2-11)12-3-7-15(25)8-4-12/h1-10,24-25H,(H,23,26). The molecule has 1 heterocycles. The number of fused-ring (bicyclic) bond motifs is 1. The Kier molecular flexibility index (Phi) is 3.83. The van der Waals surface area contributed by atoms with Gasteiger partial charge in [-0.2, -0.15) is 0 Å². The summed E-state index contributed by atoms with van der Waals surface area (Å²) in [6.07, 6.45) is 0. The molecule has 0 bridgehead atoms. The molecule has 1 aliphatic rings. The molecule has 0 saturated heterocycles. The SMILES string of the molecule is O=C1Nc2c(Cl)cc(Cl)cc2C1(c1ccc(O)cc1)c1ccc(O)cc1. The van der Waals surface area contributed by atoms with E-state index in [1.165, 1.54) is 24.3 Å². The lowest BCUT2D eigenvalue weighted by Crippen LogP contribution is -2.36. The Labute approximate surface area is 159 Å². The molecule has 0 fully saturated rings. The van der Waals surface area contributed by atoms with Gasteiger partial charge in [0.25, 0.3) is 0 Å². The van der Waals surface area contributed by atoms with Gasteiger partial charge in [0.1, 0.15) is 16.9 Å². The average Bonchev–Trinajstić information content (AvgIpc) is 2.90. The van der Waals surface area contributed by atoms with Crippen LogP contribution in [0.5, 0.6) is 11.5 Å². The minimum atomic E-state index is -1.20. The summed E-state index contributed by atoms with van der Waals surface area (Å²) in [7, 11) is 0. The molecule has 4 nitrogen and oxygen atoms in total. The van der Waals surface area contributed by atoms with E-state index in [9.17, 15) is 15.0 Å². The van der Waals surface area contributed by atoms with Crippen molar-refractivity contribution in [2.24, 2.45) is 0 Å². The second-order valence-electron chi connectivity index (χ2n) is 6.11. The smallest absolute Gasteiger partial charge is 0.244 e. The van der Waals surface area contributed by atoms with Gasteiger partial charge >= 0.3 is 0 Å². The van der Waals surface area contributed by atoms with Gasteiger partial charge in [-0.15, -0.1) is 0 Å². The lowest BCUT2D eigenvalue weighted by molar-refractivity contribution is -0.118. The molecule has 3 aromatic carbocycles. The van der Waals surface area contributed by atoms with Gasteiger partial charge in [0.15, 0.2) is 0 Å². The van der Waals surface area contributed by atoms with E-state index in [1.807, 2.05) is 0 Å².